The lowest BCUT2D eigenvalue weighted by Crippen LogP contribution is -2.48. The number of ether oxygens (including phenoxy) is 1. The summed E-state index contributed by atoms with van der Waals surface area (Å²) in [7, 11) is 0. The number of amides is 1. The van der Waals surface area contributed by atoms with E-state index in [2.05, 4.69) is 5.32 Å². The highest BCUT2D eigenvalue weighted by Crippen LogP contribution is 2.24. The van der Waals surface area contributed by atoms with Crippen LogP contribution in [0.3, 0.4) is 0 Å². The number of nitrogens with one attached hydrogen (secondary N) is 1. The van der Waals surface area contributed by atoms with Crippen LogP contribution in [0.1, 0.15) is 47.1 Å². The van der Waals surface area contributed by atoms with Crippen molar-refractivity contribution in [3.05, 3.63) is 23.8 Å². The number of hydrogen-bond acceptors (Lipinski definition) is 4. The number of aliphatic hydroxyl groups excluding tert-OH is 1. The van der Waals surface area contributed by atoms with Crippen molar-refractivity contribution in [2.75, 3.05) is 11.9 Å². The Labute approximate surface area is 139 Å². The van der Waals surface area contributed by atoms with Gasteiger partial charge in [-0.15, -0.1) is 0 Å². The first kappa shape index (κ1) is 19.3. The summed E-state index contributed by atoms with van der Waals surface area (Å²) in [4.78, 5) is 14.5. The van der Waals surface area contributed by atoms with Crippen LogP contribution in [0.15, 0.2) is 18.2 Å². The molecule has 0 saturated carbocycles. The van der Waals surface area contributed by atoms with Crippen molar-refractivity contribution in [3.63, 3.8) is 0 Å². The van der Waals surface area contributed by atoms with Crippen molar-refractivity contribution in [3.8, 4) is 5.75 Å². The molecule has 0 bridgehead atoms. The largest absolute Gasteiger partial charge is 0.494 e. The van der Waals surface area contributed by atoms with E-state index in [0.717, 1.165) is 5.69 Å². The van der Waals surface area contributed by atoms with Crippen LogP contribution in [0, 0.1) is 0 Å². The van der Waals surface area contributed by atoms with Gasteiger partial charge in [0.25, 0.3) is 0 Å². The molecule has 0 heterocycles. The minimum Gasteiger partial charge on any atom is -0.494 e. The Balaban J connectivity index is 2.88. The summed E-state index contributed by atoms with van der Waals surface area (Å²) < 4.78 is 5.47. The average Bonchev–Trinajstić information content (AvgIpc) is 2.48. The van der Waals surface area contributed by atoms with Crippen molar-refractivity contribution in [1.29, 1.82) is 0 Å². The lowest BCUT2D eigenvalue weighted by molar-refractivity contribution is -0.135. The Morgan fingerprint density at radius 2 is 1.83 bits per heavy atom. The van der Waals surface area contributed by atoms with Crippen molar-refractivity contribution >= 4 is 11.6 Å². The molecule has 2 N–H and O–H groups in total. The van der Waals surface area contributed by atoms with Gasteiger partial charge in [0, 0.05) is 23.3 Å². The predicted molar refractivity (Wildman–Crippen MR) is 93.7 cm³/mol. The van der Waals surface area contributed by atoms with Gasteiger partial charge in [-0.25, -0.2) is 0 Å². The van der Waals surface area contributed by atoms with Crippen LogP contribution in [0.5, 0.6) is 5.75 Å². The highest BCUT2D eigenvalue weighted by atomic mass is 16.5. The maximum absolute atomic E-state index is 12.6. The summed E-state index contributed by atoms with van der Waals surface area (Å²) >= 11 is 0. The average molecular weight is 322 g/mol. The zero-order chi connectivity index (χ0) is 17.6. The first-order valence-electron chi connectivity index (χ1n) is 8.27. The second kappa shape index (κ2) is 8.77. The Hall–Kier alpha value is -1.75. The summed E-state index contributed by atoms with van der Waals surface area (Å²) in [5.74, 6) is 0.736. The van der Waals surface area contributed by atoms with Crippen LogP contribution >= 0.6 is 0 Å². The number of carbonyl (C=O) groups excluding carboxylic acids is 1. The van der Waals surface area contributed by atoms with E-state index in [1.807, 2.05) is 64.6 Å². The molecule has 0 aliphatic heterocycles. The topological polar surface area (TPSA) is 61.8 Å². The first-order chi connectivity index (χ1) is 10.8. The summed E-state index contributed by atoms with van der Waals surface area (Å²) in [6, 6.07) is 5.47. The van der Waals surface area contributed by atoms with Gasteiger partial charge in [0.1, 0.15) is 11.8 Å². The molecule has 130 valence electrons. The van der Waals surface area contributed by atoms with E-state index in [9.17, 15) is 9.90 Å². The molecule has 0 radical (unpaired) electrons. The molecule has 0 aromatic heterocycles. The van der Waals surface area contributed by atoms with Crippen LogP contribution in [0.4, 0.5) is 5.69 Å². The maximum atomic E-state index is 12.6. The van der Waals surface area contributed by atoms with Gasteiger partial charge in [0.15, 0.2) is 0 Å². The van der Waals surface area contributed by atoms with Crippen LogP contribution in [-0.4, -0.2) is 40.6 Å². The summed E-state index contributed by atoms with van der Waals surface area (Å²) in [5, 5.41) is 12.7. The van der Waals surface area contributed by atoms with Crippen LogP contribution in [0.2, 0.25) is 0 Å². The second-order valence-corrected chi connectivity index (χ2v) is 6.21. The lowest BCUT2D eigenvalue weighted by Gasteiger charge is -2.33. The van der Waals surface area contributed by atoms with Crippen molar-refractivity contribution < 1.29 is 14.6 Å². The predicted octanol–water partition coefficient (Wildman–Crippen LogP) is 3.02. The van der Waals surface area contributed by atoms with Gasteiger partial charge < -0.3 is 20.1 Å². The molecule has 23 heavy (non-hydrogen) atoms. The molecule has 1 amide bonds. The Morgan fingerprint density at radius 3 is 2.30 bits per heavy atom. The van der Waals surface area contributed by atoms with Crippen LogP contribution in [0.25, 0.3) is 0 Å². The summed E-state index contributed by atoms with van der Waals surface area (Å²) in [6.07, 6.45) is 0. The number of carbonyl (C=O) groups is 1. The third-order valence-electron chi connectivity index (χ3n) is 3.65. The summed E-state index contributed by atoms with van der Waals surface area (Å²) in [6.45, 7) is 12.3. The zero-order valence-corrected chi connectivity index (χ0v) is 15.1. The Kier molecular flexibility index (Phi) is 7.36. The van der Waals surface area contributed by atoms with E-state index < -0.39 is 0 Å². The molecule has 1 rings (SSSR count). The zero-order valence-electron chi connectivity index (χ0n) is 15.1. The molecule has 0 aliphatic carbocycles. The third-order valence-corrected chi connectivity index (χ3v) is 3.65. The van der Waals surface area contributed by atoms with Gasteiger partial charge in [-0.3, -0.25) is 4.79 Å². The van der Waals surface area contributed by atoms with Gasteiger partial charge in [0.2, 0.25) is 5.91 Å². The Bertz CT molecular complexity index is 507. The molecular formula is C18H30N2O3. The molecule has 0 fully saturated rings. The minimum absolute atomic E-state index is 0.0643. The fourth-order valence-electron chi connectivity index (χ4n) is 2.73. The van der Waals surface area contributed by atoms with E-state index in [4.69, 9.17) is 4.74 Å². The number of hydrogen-bond donors (Lipinski definition) is 2. The highest BCUT2D eigenvalue weighted by Gasteiger charge is 2.25. The monoisotopic (exact) mass is 322 g/mol. The third kappa shape index (κ3) is 5.13. The van der Waals surface area contributed by atoms with Gasteiger partial charge in [-0.1, -0.05) is 0 Å². The molecule has 1 unspecified atom stereocenters. The molecule has 5 heteroatoms. The molecule has 0 aliphatic rings. The van der Waals surface area contributed by atoms with Gasteiger partial charge in [-0.2, -0.15) is 0 Å². The number of nitrogens with zero attached hydrogens (tertiary/aromatic N) is 1. The minimum atomic E-state index is -0.343. The quantitative estimate of drug-likeness (QED) is 0.772. The molecule has 5 nitrogen and oxygen atoms in total. The van der Waals surface area contributed by atoms with E-state index in [0.29, 0.717) is 17.9 Å². The number of aliphatic hydroxyl groups is 1. The van der Waals surface area contributed by atoms with E-state index >= 15 is 0 Å². The normalized spacial score (nSPS) is 12.4. The highest BCUT2D eigenvalue weighted by molar-refractivity contribution is 5.84. The lowest BCUT2D eigenvalue weighted by atomic mass is 10.1. The van der Waals surface area contributed by atoms with E-state index in [-0.39, 0.29) is 30.6 Å². The molecule has 0 spiro atoms. The number of benzene rings is 1. The smallest absolute Gasteiger partial charge is 0.245 e. The van der Waals surface area contributed by atoms with Gasteiger partial charge >= 0.3 is 0 Å². The fourth-order valence-corrected chi connectivity index (χ4v) is 2.73. The second-order valence-electron chi connectivity index (χ2n) is 6.21. The molecule has 1 aromatic rings. The molecule has 0 saturated heterocycles. The maximum Gasteiger partial charge on any atom is 0.245 e. The number of anilines is 1. The molecular weight excluding hydrogens is 292 g/mol. The first-order valence-corrected chi connectivity index (χ1v) is 8.27. The fraction of sp³-hybridized carbons (Fsp3) is 0.611. The van der Waals surface area contributed by atoms with Crippen molar-refractivity contribution in [2.45, 2.75) is 66.3 Å². The van der Waals surface area contributed by atoms with Crippen LogP contribution in [-0.2, 0) is 11.4 Å². The molecule has 1 aromatic carbocycles. The SMILES string of the molecule is CCOc1ccc(NC(C)C(=O)N(C(C)C)C(C)C)cc1CO. The molecule has 1 atom stereocenters. The standard InChI is InChI=1S/C18H30N2O3/c1-7-23-17-9-8-16(10-15(17)11-21)19-14(6)18(22)20(12(2)3)13(4)5/h8-10,12-14,19,21H,7,11H2,1-6H3. The van der Waals surface area contributed by atoms with E-state index in [1.54, 1.807) is 0 Å². The summed E-state index contributed by atoms with van der Waals surface area (Å²) in [5.41, 5.74) is 1.51. The Morgan fingerprint density at radius 1 is 1.22 bits per heavy atom. The van der Waals surface area contributed by atoms with Crippen molar-refractivity contribution in [1.82, 2.24) is 4.90 Å². The van der Waals surface area contributed by atoms with Crippen LogP contribution < -0.4 is 10.1 Å². The van der Waals surface area contributed by atoms with Gasteiger partial charge in [0.05, 0.1) is 13.2 Å². The van der Waals surface area contributed by atoms with Crippen molar-refractivity contribution in [2.24, 2.45) is 0 Å². The van der Waals surface area contributed by atoms with E-state index in [1.165, 1.54) is 0 Å². The number of rotatable bonds is 8. The van der Waals surface area contributed by atoms with Gasteiger partial charge in [-0.05, 0) is 59.7 Å².